The molecule has 3 heteroatoms. The third-order valence-corrected chi connectivity index (χ3v) is 2.90. The van der Waals surface area contributed by atoms with Gasteiger partial charge in [0.1, 0.15) is 5.75 Å². The van der Waals surface area contributed by atoms with Crippen LogP contribution in [0, 0.1) is 0 Å². The van der Waals surface area contributed by atoms with E-state index >= 15 is 0 Å². The molecule has 1 N–H and O–H groups in total. The molecule has 0 amide bonds. The molecule has 0 radical (unpaired) electrons. The van der Waals surface area contributed by atoms with Crippen molar-refractivity contribution >= 4 is 5.69 Å². The number of benzene rings is 1. The van der Waals surface area contributed by atoms with E-state index in [1.54, 1.807) is 7.11 Å². The molecular weight excluding hydrogens is 188 g/mol. The molecule has 1 aliphatic heterocycles. The van der Waals surface area contributed by atoms with Crippen molar-refractivity contribution in [3.8, 4) is 5.75 Å². The van der Waals surface area contributed by atoms with E-state index < -0.39 is 0 Å². The van der Waals surface area contributed by atoms with E-state index in [0.29, 0.717) is 6.04 Å². The number of nitrogens with one attached hydrogen (secondary N) is 1. The summed E-state index contributed by atoms with van der Waals surface area (Å²) in [6.45, 7) is 5.36. The molecule has 0 unspecified atom stereocenters. The Morgan fingerprint density at radius 2 is 2.20 bits per heavy atom. The molecule has 82 valence electrons. The van der Waals surface area contributed by atoms with Crippen LogP contribution in [-0.4, -0.2) is 32.8 Å². The predicted octanol–water partition coefficient (Wildman–Crippen LogP) is 1.49. The molecule has 1 fully saturated rings. The van der Waals surface area contributed by atoms with E-state index in [9.17, 15) is 0 Å². The maximum atomic E-state index is 5.38. The van der Waals surface area contributed by atoms with Crippen molar-refractivity contribution in [2.75, 3.05) is 31.6 Å². The lowest BCUT2D eigenvalue weighted by atomic mass is 10.1. The number of nitrogens with zero attached hydrogens (tertiary/aromatic N) is 1. The maximum Gasteiger partial charge on any atom is 0.142 e. The molecule has 1 aromatic carbocycles. The average molecular weight is 206 g/mol. The summed E-state index contributed by atoms with van der Waals surface area (Å²) in [4.78, 5) is 2.40. The molecule has 0 bridgehead atoms. The van der Waals surface area contributed by atoms with Gasteiger partial charge in [0.2, 0.25) is 0 Å². The van der Waals surface area contributed by atoms with Gasteiger partial charge >= 0.3 is 0 Å². The minimum atomic E-state index is 0.523. The highest BCUT2D eigenvalue weighted by molar-refractivity contribution is 5.59. The van der Waals surface area contributed by atoms with Gasteiger partial charge < -0.3 is 15.0 Å². The van der Waals surface area contributed by atoms with Crippen LogP contribution in [0.5, 0.6) is 5.75 Å². The summed E-state index contributed by atoms with van der Waals surface area (Å²) in [7, 11) is 1.73. The number of anilines is 1. The summed E-state index contributed by atoms with van der Waals surface area (Å²) >= 11 is 0. The average Bonchev–Trinajstić information content (AvgIpc) is 2.30. The van der Waals surface area contributed by atoms with E-state index in [2.05, 4.69) is 29.3 Å². The topological polar surface area (TPSA) is 24.5 Å². The molecular formula is C12H18N2O. The Balaban J connectivity index is 2.26. The highest BCUT2D eigenvalue weighted by atomic mass is 16.5. The van der Waals surface area contributed by atoms with Crippen LogP contribution >= 0.6 is 0 Å². The SMILES string of the molecule is COc1ccccc1N1CCNC[C@@H]1C. The first-order valence-corrected chi connectivity index (χ1v) is 5.43. The van der Waals surface area contributed by atoms with Crippen LogP contribution in [0.2, 0.25) is 0 Å². The van der Waals surface area contributed by atoms with E-state index in [-0.39, 0.29) is 0 Å². The third-order valence-electron chi connectivity index (χ3n) is 2.90. The van der Waals surface area contributed by atoms with E-state index in [1.165, 1.54) is 5.69 Å². The molecule has 3 nitrogen and oxygen atoms in total. The molecule has 15 heavy (non-hydrogen) atoms. The van der Waals surface area contributed by atoms with Crippen LogP contribution in [0.25, 0.3) is 0 Å². The zero-order chi connectivity index (χ0) is 10.7. The van der Waals surface area contributed by atoms with Gasteiger partial charge in [-0.15, -0.1) is 0 Å². The summed E-state index contributed by atoms with van der Waals surface area (Å²) in [5.41, 5.74) is 1.20. The number of piperazine rings is 1. The first-order chi connectivity index (χ1) is 7.33. The second-order valence-corrected chi connectivity index (χ2v) is 3.92. The van der Waals surface area contributed by atoms with Crippen LogP contribution in [0.4, 0.5) is 5.69 Å². The summed E-state index contributed by atoms with van der Waals surface area (Å²) in [5, 5.41) is 3.39. The molecule has 2 rings (SSSR count). The van der Waals surface area contributed by atoms with Crippen molar-refractivity contribution in [2.24, 2.45) is 0 Å². The highest BCUT2D eigenvalue weighted by Gasteiger charge is 2.20. The van der Waals surface area contributed by atoms with E-state index in [0.717, 1.165) is 25.4 Å². The molecule has 1 atom stereocenters. The Morgan fingerprint density at radius 3 is 2.93 bits per heavy atom. The lowest BCUT2D eigenvalue weighted by Crippen LogP contribution is -2.50. The van der Waals surface area contributed by atoms with Crippen molar-refractivity contribution in [3.63, 3.8) is 0 Å². The molecule has 1 aliphatic rings. The van der Waals surface area contributed by atoms with Crippen LogP contribution in [0.1, 0.15) is 6.92 Å². The number of methoxy groups -OCH3 is 1. The normalized spacial score (nSPS) is 21.5. The smallest absolute Gasteiger partial charge is 0.142 e. The van der Waals surface area contributed by atoms with Crippen molar-refractivity contribution in [1.82, 2.24) is 5.32 Å². The van der Waals surface area contributed by atoms with Crippen molar-refractivity contribution in [2.45, 2.75) is 13.0 Å². The largest absolute Gasteiger partial charge is 0.495 e. The molecule has 0 spiro atoms. The number of para-hydroxylation sites is 2. The predicted molar refractivity (Wildman–Crippen MR) is 62.7 cm³/mol. The number of rotatable bonds is 2. The van der Waals surface area contributed by atoms with Gasteiger partial charge in [-0.3, -0.25) is 0 Å². The molecule has 0 aromatic heterocycles. The summed E-state index contributed by atoms with van der Waals surface area (Å²) in [5.74, 6) is 0.964. The van der Waals surface area contributed by atoms with Gasteiger partial charge in [-0.2, -0.15) is 0 Å². The Kier molecular flexibility index (Phi) is 3.11. The maximum absolute atomic E-state index is 5.38. The second-order valence-electron chi connectivity index (χ2n) is 3.92. The lowest BCUT2D eigenvalue weighted by molar-refractivity contribution is 0.409. The van der Waals surface area contributed by atoms with Crippen LogP contribution < -0.4 is 15.0 Å². The monoisotopic (exact) mass is 206 g/mol. The number of ether oxygens (including phenoxy) is 1. The minimum absolute atomic E-state index is 0.523. The van der Waals surface area contributed by atoms with Gasteiger partial charge in [-0.25, -0.2) is 0 Å². The Morgan fingerprint density at radius 1 is 1.40 bits per heavy atom. The van der Waals surface area contributed by atoms with Crippen LogP contribution in [-0.2, 0) is 0 Å². The second kappa shape index (κ2) is 4.53. The highest BCUT2D eigenvalue weighted by Crippen LogP contribution is 2.29. The van der Waals surface area contributed by atoms with Crippen LogP contribution in [0.3, 0.4) is 0 Å². The minimum Gasteiger partial charge on any atom is -0.495 e. The summed E-state index contributed by atoms with van der Waals surface area (Å²) in [6.07, 6.45) is 0. The zero-order valence-corrected chi connectivity index (χ0v) is 9.36. The number of hydrogen-bond donors (Lipinski definition) is 1. The van der Waals surface area contributed by atoms with Gasteiger partial charge in [0.15, 0.2) is 0 Å². The lowest BCUT2D eigenvalue weighted by Gasteiger charge is -2.36. The fourth-order valence-corrected chi connectivity index (χ4v) is 2.07. The van der Waals surface area contributed by atoms with Crippen LogP contribution in [0.15, 0.2) is 24.3 Å². The molecule has 1 heterocycles. The van der Waals surface area contributed by atoms with Crippen molar-refractivity contribution < 1.29 is 4.74 Å². The van der Waals surface area contributed by atoms with Crippen molar-refractivity contribution in [3.05, 3.63) is 24.3 Å². The standard InChI is InChI=1S/C12H18N2O/c1-10-9-13-7-8-14(10)11-5-3-4-6-12(11)15-2/h3-6,10,13H,7-9H2,1-2H3/t10-/m0/s1. The molecule has 0 aliphatic carbocycles. The van der Waals surface area contributed by atoms with E-state index in [1.807, 2.05) is 12.1 Å². The van der Waals surface area contributed by atoms with Gasteiger partial charge in [-0.05, 0) is 19.1 Å². The zero-order valence-electron chi connectivity index (χ0n) is 9.36. The Bertz CT molecular complexity index is 327. The molecule has 1 aromatic rings. The fourth-order valence-electron chi connectivity index (χ4n) is 2.07. The fraction of sp³-hybridized carbons (Fsp3) is 0.500. The number of hydrogen-bond acceptors (Lipinski definition) is 3. The molecule has 0 saturated carbocycles. The van der Waals surface area contributed by atoms with Gasteiger partial charge in [-0.1, -0.05) is 12.1 Å². The Hall–Kier alpha value is -1.22. The summed E-state index contributed by atoms with van der Waals surface area (Å²) < 4.78 is 5.38. The first-order valence-electron chi connectivity index (χ1n) is 5.43. The third kappa shape index (κ3) is 2.07. The van der Waals surface area contributed by atoms with Gasteiger partial charge in [0.05, 0.1) is 12.8 Å². The van der Waals surface area contributed by atoms with Gasteiger partial charge in [0, 0.05) is 25.7 Å². The quantitative estimate of drug-likeness (QED) is 0.793. The van der Waals surface area contributed by atoms with E-state index in [4.69, 9.17) is 4.74 Å². The summed E-state index contributed by atoms with van der Waals surface area (Å²) in [6, 6.07) is 8.74. The Labute approximate surface area is 91.0 Å². The molecule has 1 saturated heterocycles. The first kappa shape index (κ1) is 10.3. The van der Waals surface area contributed by atoms with Crippen molar-refractivity contribution in [1.29, 1.82) is 0 Å². The van der Waals surface area contributed by atoms with Gasteiger partial charge in [0.25, 0.3) is 0 Å².